The molecule has 0 bridgehead atoms. The van der Waals surface area contributed by atoms with E-state index in [1.165, 1.54) is 5.56 Å². The molecule has 34 heavy (non-hydrogen) atoms. The largest absolute Gasteiger partial charge is 0.497 e. The van der Waals surface area contributed by atoms with E-state index in [0.717, 1.165) is 50.5 Å². The molecule has 0 N–H and O–H groups in total. The van der Waals surface area contributed by atoms with Crippen molar-refractivity contribution in [3.8, 4) is 23.0 Å². The molecule has 0 aliphatic heterocycles. The number of pyridine rings is 1. The van der Waals surface area contributed by atoms with Crippen molar-refractivity contribution in [2.45, 2.75) is 24.4 Å². The predicted molar refractivity (Wildman–Crippen MR) is 132 cm³/mol. The van der Waals surface area contributed by atoms with Gasteiger partial charge in [0.05, 0.1) is 38.0 Å². The summed E-state index contributed by atoms with van der Waals surface area (Å²) in [5, 5.41) is 0.909. The van der Waals surface area contributed by atoms with Crippen LogP contribution in [0.2, 0.25) is 0 Å². The quantitative estimate of drug-likeness (QED) is 0.266. The molecule has 0 atom stereocenters. The smallest absolute Gasteiger partial charge is 0.226 e. The molecular weight excluding hydrogens is 448 g/mol. The van der Waals surface area contributed by atoms with Gasteiger partial charge in [-0.05, 0) is 55.0 Å². The fourth-order valence-electron chi connectivity index (χ4n) is 3.66. The number of ether oxygens (including phenoxy) is 2. The summed E-state index contributed by atoms with van der Waals surface area (Å²) < 4.78 is 18.7. The normalized spacial score (nSPS) is 11.1. The lowest BCUT2D eigenvalue weighted by Crippen LogP contribution is -2.03. The van der Waals surface area contributed by atoms with Crippen LogP contribution >= 0.6 is 11.8 Å². The SMILES string of the molecule is COc1ccc(CSc2nc3ccncc3n2Cc2nc(-c3ccc(OC)cc3)oc2C)cc1. The van der Waals surface area contributed by atoms with E-state index in [-0.39, 0.29) is 0 Å². The number of hydrogen-bond acceptors (Lipinski definition) is 7. The number of imidazole rings is 1. The molecule has 5 aromatic rings. The molecule has 2 aromatic carbocycles. The van der Waals surface area contributed by atoms with Crippen molar-refractivity contribution in [3.63, 3.8) is 0 Å². The Morgan fingerprint density at radius 2 is 1.62 bits per heavy atom. The highest BCUT2D eigenvalue weighted by atomic mass is 32.2. The molecule has 0 fully saturated rings. The van der Waals surface area contributed by atoms with E-state index in [0.29, 0.717) is 12.4 Å². The average Bonchev–Trinajstić information content (AvgIpc) is 3.43. The van der Waals surface area contributed by atoms with Crippen LogP contribution in [0.25, 0.3) is 22.5 Å². The van der Waals surface area contributed by atoms with Crippen LogP contribution in [0.4, 0.5) is 0 Å². The maximum absolute atomic E-state index is 6.01. The zero-order chi connectivity index (χ0) is 23.5. The second-order valence-corrected chi connectivity index (χ2v) is 8.67. The maximum Gasteiger partial charge on any atom is 0.226 e. The van der Waals surface area contributed by atoms with Crippen molar-refractivity contribution in [2.24, 2.45) is 0 Å². The average molecular weight is 473 g/mol. The highest BCUT2D eigenvalue weighted by Gasteiger charge is 2.17. The van der Waals surface area contributed by atoms with Crippen molar-refractivity contribution in [3.05, 3.63) is 84.0 Å². The van der Waals surface area contributed by atoms with Gasteiger partial charge < -0.3 is 18.5 Å². The Hall–Kier alpha value is -3.78. The lowest BCUT2D eigenvalue weighted by Gasteiger charge is -2.08. The topological polar surface area (TPSA) is 75.2 Å². The number of hydrogen-bond donors (Lipinski definition) is 0. The van der Waals surface area contributed by atoms with E-state index in [9.17, 15) is 0 Å². The molecule has 0 saturated heterocycles. The second-order valence-electron chi connectivity index (χ2n) is 7.73. The van der Waals surface area contributed by atoms with Crippen molar-refractivity contribution >= 4 is 22.8 Å². The molecule has 5 rings (SSSR count). The summed E-state index contributed by atoms with van der Waals surface area (Å²) in [7, 11) is 3.32. The Bertz CT molecular complexity index is 1410. The Kier molecular flexibility index (Phi) is 6.22. The lowest BCUT2D eigenvalue weighted by molar-refractivity contribution is 0.414. The van der Waals surface area contributed by atoms with E-state index in [1.807, 2.05) is 55.6 Å². The molecule has 0 saturated carbocycles. The van der Waals surface area contributed by atoms with Gasteiger partial charge in [-0.25, -0.2) is 9.97 Å². The van der Waals surface area contributed by atoms with E-state index >= 15 is 0 Å². The summed E-state index contributed by atoms with van der Waals surface area (Å²) in [4.78, 5) is 14.0. The molecule has 8 heteroatoms. The number of rotatable bonds is 8. The second kappa shape index (κ2) is 9.61. The van der Waals surface area contributed by atoms with Gasteiger partial charge in [0, 0.05) is 17.5 Å². The predicted octanol–water partition coefficient (Wildman–Crippen LogP) is 5.75. The fourth-order valence-corrected chi connectivity index (χ4v) is 4.63. The molecule has 0 aliphatic rings. The number of benzene rings is 2. The fraction of sp³-hybridized carbons (Fsp3) is 0.192. The van der Waals surface area contributed by atoms with Gasteiger partial charge in [-0.2, -0.15) is 0 Å². The monoisotopic (exact) mass is 472 g/mol. The summed E-state index contributed by atoms with van der Waals surface area (Å²) in [5.74, 6) is 3.80. The number of thioether (sulfide) groups is 1. The molecule has 0 aliphatic carbocycles. The number of fused-ring (bicyclic) bond motifs is 1. The van der Waals surface area contributed by atoms with Crippen LogP contribution in [0.1, 0.15) is 17.0 Å². The van der Waals surface area contributed by atoms with Crippen molar-refractivity contribution in [1.82, 2.24) is 19.5 Å². The van der Waals surface area contributed by atoms with Gasteiger partial charge in [-0.3, -0.25) is 4.98 Å². The van der Waals surface area contributed by atoms with Crippen LogP contribution in [0.3, 0.4) is 0 Å². The number of aromatic nitrogens is 4. The van der Waals surface area contributed by atoms with Crippen LogP contribution in [0.15, 0.2) is 76.6 Å². The minimum atomic E-state index is 0.540. The van der Waals surface area contributed by atoms with Gasteiger partial charge in [0.2, 0.25) is 5.89 Å². The zero-order valence-electron chi connectivity index (χ0n) is 19.2. The molecule has 0 unspecified atom stereocenters. The van der Waals surface area contributed by atoms with Crippen LogP contribution in [-0.2, 0) is 12.3 Å². The van der Waals surface area contributed by atoms with Crippen LogP contribution < -0.4 is 9.47 Å². The third-order valence-corrected chi connectivity index (χ3v) is 6.63. The minimum Gasteiger partial charge on any atom is -0.497 e. The van der Waals surface area contributed by atoms with Gasteiger partial charge in [0.25, 0.3) is 0 Å². The highest BCUT2D eigenvalue weighted by molar-refractivity contribution is 7.98. The van der Waals surface area contributed by atoms with Crippen molar-refractivity contribution in [2.75, 3.05) is 14.2 Å². The zero-order valence-corrected chi connectivity index (χ0v) is 20.0. The maximum atomic E-state index is 6.01. The first-order valence-electron chi connectivity index (χ1n) is 10.8. The first-order valence-corrected chi connectivity index (χ1v) is 11.8. The number of nitrogens with zero attached hydrogens (tertiary/aromatic N) is 4. The van der Waals surface area contributed by atoms with E-state index in [2.05, 4.69) is 21.7 Å². The molecule has 0 spiro atoms. The summed E-state index contributed by atoms with van der Waals surface area (Å²) in [6, 6.07) is 17.7. The molecule has 0 radical (unpaired) electrons. The summed E-state index contributed by atoms with van der Waals surface area (Å²) in [5.41, 5.74) is 4.83. The van der Waals surface area contributed by atoms with Crippen molar-refractivity contribution in [1.29, 1.82) is 0 Å². The molecule has 0 amide bonds. The van der Waals surface area contributed by atoms with Crippen LogP contribution in [-0.4, -0.2) is 33.7 Å². The summed E-state index contributed by atoms with van der Waals surface area (Å²) in [6.45, 7) is 2.48. The van der Waals surface area contributed by atoms with Crippen LogP contribution in [0.5, 0.6) is 11.5 Å². The summed E-state index contributed by atoms with van der Waals surface area (Å²) in [6.07, 6.45) is 3.61. The standard InChI is InChI=1S/C26H24N4O3S/c1-17-23(28-25(33-17)19-6-10-21(32-3)11-7-19)15-30-24-14-27-13-12-22(24)29-26(30)34-16-18-4-8-20(31-2)9-5-18/h4-14H,15-16H2,1-3H3. The Morgan fingerprint density at radius 1 is 0.912 bits per heavy atom. The van der Waals surface area contributed by atoms with Gasteiger partial charge in [-0.15, -0.1) is 0 Å². The molecule has 7 nitrogen and oxygen atoms in total. The third kappa shape index (κ3) is 4.49. The molecular formula is C26H24N4O3S. The van der Waals surface area contributed by atoms with Gasteiger partial charge in [0.15, 0.2) is 5.16 Å². The Morgan fingerprint density at radius 3 is 2.32 bits per heavy atom. The Balaban J connectivity index is 1.43. The highest BCUT2D eigenvalue weighted by Crippen LogP contribution is 2.30. The number of oxazole rings is 1. The molecule has 3 aromatic heterocycles. The lowest BCUT2D eigenvalue weighted by atomic mass is 10.2. The third-order valence-electron chi connectivity index (χ3n) is 5.58. The Labute approximate surface area is 201 Å². The van der Waals surface area contributed by atoms with Gasteiger partial charge in [-0.1, -0.05) is 23.9 Å². The summed E-state index contributed by atoms with van der Waals surface area (Å²) >= 11 is 1.68. The van der Waals surface area contributed by atoms with E-state index < -0.39 is 0 Å². The first-order chi connectivity index (χ1) is 16.6. The van der Waals surface area contributed by atoms with Gasteiger partial charge >= 0.3 is 0 Å². The number of aryl methyl sites for hydroxylation is 1. The molecule has 3 heterocycles. The number of methoxy groups -OCH3 is 2. The first kappa shape index (κ1) is 22.0. The van der Waals surface area contributed by atoms with E-state index in [1.54, 1.807) is 32.2 Å². The van der Waals surface area contributed by atoms with Crippen molar-refractivity contribution < 1.29 is 13.9 Å². The molecule has 172 valence electrons. The van der Waals surface area contributed by atoms with Gasteiger partial charge in [0.1, 0.15) is 23.0 Å². The minimum absolute atomic E-state index is 0.540. The van der Waals surface area contributed by atoms with Crippen LogP contribution in [0, 0.1) is 6.92 Å². The van der Waals surface area contributed by atoms with E-state index in [4.69, 9.17) is 23.9 Å².